The molecule has 1 amide bonds. The summed E-state index contributed by atoms with van der Waals surface area (Å²) in [5.41, 5.74) is 3.06. The average Bonchev–Trinajstić information content (AvgIpc) is 3.14. The molecule has 3 heterocycles. The highest BCUT2D eigenvalue weighted by Crippen LogP contribution is 2.31. The maximum Gasteiger partial charge on any atom is 0.271 e. The number of aromatic nitrogens is 2. The highest BCUT2D eigenvalue weighted by atomic mass is 35.5. The lowest BCUT2D eigenvalue weighted by Crippen LogP contribution is -2.40. The molecule has 0 aliphatic carbocycles. The van der Waals surface area contributed by atoms with Crippen molar-refractivity contribution in [3.05, 3.63) is 126 Å². The number of anilines is 1. The maximum absolute atomic E-state index is 13.6. The monoisotopic (exact) mass is 486 g/mol. The van der Waals surface area contributed by atoms with Gasteiger partial charge in [0.05, 0.1) is 21.8 Å². The Bertz CT molecular complexity index is 1570. The minimum absolute atomic E-state index is 0.210. The van der Waals surface area contributed by atoms with Crippen LogP contribution in [0.5, 0.6) is 0 Å². The molecule has 4 aromatic rings. The summed E-state index contributed by atoms with van der Waals surface area (Å²) in [6.07, 6.45) is 5.17. The first-order valence-electron chi connectivity index (χ1n) is 10.6. The summed E-state index contributed by atoms with van der Waals surface area (Å²) in [6.45, 7) is 1.79. The van der Waals surface area contributed by atoms with E-state index >= 15 is 0 Å². The number of nitrogens with one attached hydrogen (secondary N) is 1. The fraction of sp³-hybridized carbons (Fsp3) is 0.0769. The third-order valence-electron chi connectivity index (χ3n) is 5.49. The third kappa shape index (κ3) is 4.23. The van der Waals surface area contributed by atoms with Crippen molar-refractivity contribution in [3.8, 4) is 0 Å². The van der Waals surface area contributed by atoms with E-state index in [0.717, 1.165) is 11.1 Å². The van der Waals surface area contributed by atoms with Gasteiger partial charge in [0.1, 0.15) is 0 Å². The van der Waals surface area contributed by atoms with Crippen LogP contribution in [0.3, 0.4) is 0 Å². The summed E-state index contributed by atoms with van der Waals surface area (Å²) in [7, 11) is 0. The molecule has 1 N–H and O–H groups in total. The Balaban J connectivity index is 1.68. The molecule has 5 rings (SSSR count). The molecule has 168 valence electrons. The summed E-state index contributed by atoms with van der Waals surface area (Å²) < 4.78 is 2.12. The second kappa shape index (κ2) is 9.21. The molecule has 2 aromatic heterocycles. The van der Waals surface area contributed by atoms with Gasteiger partial charge in [-0.05, 0) is 60.5 Å². The molecule has 0 spiro atoms. The predicted molar refractivity (Wildman–Crippen MR) is 135 cm³/mol. The summed E-state index contributed by atoms with van der Waals surface area (Å²) in [5.74, 6) is -0.309. The Kier molecular flexibility index (Phi) is 5.96. The van der Waals surface area contributed by atoms with Crippen LogP contribution in [0.25, 0.3) is 6.08 Å². The van der Waals surface area contributed by atoms with Crippen LogP contribution in [0.1, 0.15) is 24.1 Å². The van der Waals surface area contributed by atoms with Crippen LogP contribution in [0.4, 0.5) is 5.69 Å². The second-order valence-electron chi connectivity index (χ2n) is 7.73. The second-order valence-corrected chi connectivity index (χ2v) is 9.18. The number of para-hydroxylation sites is 1. The topological polar surface area (TPSA) is 76.3 Å². The molecule has 0 saturated heterocycles. The van der Waals surface area contributed by atoms with Gasteiger partial charge in [0.15, 0.2) is 4.80 Å². The molecule has 0 saturated carbocycles. The van der Waals surface area contributed by atoms with Crippen LogP contribution in [0.2, 0.25) is 5.02 Å². The van der Waals surface area contributed by atoms with Crippen LogP contribution >= 0.6 is 22.9 Å². The highest BCUT2D eigenvalue weighted by molar-refractivity contribution is 7.07. The number of carbonyl (C=O) groups excluding carboxylic acids is 1. The lowest BCUT2D eigenvalue weighted by molar-refractivity contribution is -0.113. The lowest BCUT2D eigenvalue weighted by Gasteiger charge is -2.25. The van der Waals surface area contributed by atoms with Gasteiger partial charge in [0, 0.05) is 23.1 Å². The Morgan fingerprint density at radius 3 is 2.47 bits per heavy atom. The van der Waals surface area contributed by atoms with Crippen molar-refractivity contribution in [2.45, 2.75) is 13.0 Å². The van der Waals surface area contributed by atoms with Gasteiger partial charge in [-0.2, -0.15) is 0 Å². The van der Waals surface area contributed by atoms with Gasteiger partial charge in [-0.25, -0.2) is 4.99 Å². The molecule has 6 nitrogen and oxygen atoms in total. The van der Waals surface area contributed by atoms with Crippen molar-refractivity contribution >= 4 is 40.6 Å². The van der Waals surface area contributed by atoms with E-state index < -0.39 is 6.04 Å². The third-order valence-corrected chi connectivity index (χ3v) is 6.72. The molecule has 0 unspecified atom stereocenters. The molecule has 0 fully saturated rings. The minimum Gasteiger partial charge on any atom is -0.322 e. The number of hydrogen-bond donors (Lipinski definition) is 1. The SMILES string of the molecule is CC1=C(C(=O)Nc2ccccc2)[C@H](c2ccc(Cl)cc2)n2c(s/c(=C\c3ccncc3)c2=O)=N1. The van der Waals surface area contributed by atoms with E-state index in [0.29, 0.717) is 31.3 Å². The molecule has 0 bridgehead atoms. The molecule has 1 aliphatic heterocycles. The Morgan fingerprint density at radius 2 is 1.76 bits per heavy atom. The predicted octanol–water partition coefficient (Wildman–Crippen LogP) is 3.92. The number of rotatable bonds is 4. The summed E-state index contributed by atoms with van der Waals surface area (Å²) >= 11 is 7.42. The van der Waals surface area contributed by atoms with E-state index in [1.807, 2.05) is 60.7 Å². The van der Waals surface area contributed by atoms with Crippen molar-refractivity contribution in [2.75, 3.05) is 5.32 Å². The van der Waals surface area contributed by atoms with E-state index in [4.69, 9.17) is 11.6 Å². The zero-order valence-electron chi connectivity index (χ0n) is 18.1. The average molecular weight is 487 g/mol. The van der Waals surface area contributed by atoms with Gasteiger partial charge < -0.3 is 5.32 Å². The molecule has 2 aromatic carbocycles. The van der Waals surface area contributed by atoms with E-state index in [1.54, 1.807) is 36.0 Å². The molecular weight excluding hydrogens is 468 g/mol. The van der Waals surface area contributed by atoms with Gasteiger partial charge in [0.2, 0.25) is 0 Å². The lowest BCUT2D eigenvalue weighted by atomic mass is 9.95. The van der Waals surface area contributed by atoms with Gasteiger partial charge >= 0.3 is 0 Å². The molecule has 1 atom stereocenters. The smallest absolute Gasteiger partial charge is 0.271 e. The van der Waals surface area contributed by atoms with Gasteiger partial charge in [-0.1, -0.05) is 53.3 Å². The van der Waals surface area contributed by atoms with Crippen molar-refractivity contribution in [3.63, 3.8) is 0 Å². The number of benzene rings is 2. The number of hydrogen-bond acceptors (Lipinski definition) is 5. The number of amides is 1. The summed E-state index contributed by atoms with van der Waals surface area (Å²) in [6, 6.07) is 19.4. The van der Waals surface area contributed by atoms with Crippen molar-refractivity contribution in [2.24, 2.45) is 4.99 Å². The number of thiazole rings is 1. The maximum atomic E-state index is 13.6. The molecule has 8 heteroatoms. The summed E-state index contributed by atoms with van der Waals surface area (Å²) in [5, 5.41) is 3.51. The number of carbonyl (C=O) groups is 1. The van der Waals surface area contributed by atoms with E-state index in [9.17, 15) is 9.59 Å². The first-order valence-corrected chi connectivity index (χ1v) is 11.7. The zero-order valence-corrected chi connectivity index (χ0v) is 19.7. The fourth-order valence-corrected chi connectivity index (χ4v) is 5.08. The largest absolute Gasteiger partial charge is 0.322 e. The Morgan fingerprint density at radius 1 is 1.06 bits per heavy atom. The number of fused-ring (bicyclic) bond motifs is 1. The first-order chi connectivity index (χ1) is 16.5. The highest BCUT2D eigenvalue weighted by Gasteiger charge is 2.32. The fourth-order valence-electron chi connectivity index (χ4n) is 3.90. The van der Waals surface area contributed by atoms with E-state index in [1.165, 1.54) is 11.3 Å². The van der Waals surface area contributed by atoms with Gasteiger partial charge in [0.25, 0.3) is 11.5 Å². The Hall–Kier alpha value is -3.81. The number of nitrogens with zero attached hydrogens (tertiary/aromatic N) is 3. The standard InChI is InChI=1S/C26H19ClN4O2S/c1-16-22(24(32)30-20-5-3-2-4-6-20)23(18-7-9-19(27)10-8-18)31-25(33)21(34-26(31)29-16)15-17-11-13-28-14-12-17/h2-15,23H,1H3,(H,30,32)/b21-15-/t23-/m0/s1. The quantitative estimate of drug-likeness (QED) is 0.475. The number of halogens is 1. The number of allylic oxidation sites excluding steroid dienone is 1. The van der Waals surface area contributed by atoms with E-state index in [-0.39, 0.29) is 11.5 Å². The van der Waals surface area contributed by atoms with Crippen LogP contribution in [0.15, 0.2) is 100 Å². The molecule has 1 aliphatic rings. The zero-order chi connectivity index (χ0) is 23.7. The van der Waals surface area contributed by atoms with Gasteiger partial charge in [-0.3, -0.25) is 19.1 Å². The molecule has 0 radical (unpaired) electrons. The molecule has 34 heavy (non-hydrogen) atoms. The van der Waals surface area contributed by atoms with Crippen molar-refractivity contribution < 1.29 is 4.79 Å². The molecular formula is C26H19ClN4O2S. The van der Waals surface area contributed by atoms with Crippen molar-refractivity contribution in [1.29, 1.82) is 0 Å². The van der Waals surface area contributed by atoms with Crippen LogP contribution in [0, 0.1) is 0 Å². The first kappa shape index (κ1) is 22.0. The van der Waals surface area contributed by atoms with Crippen LogP contribution < -0.4 is 20.2 Å². The normalized spacial score (nSPS) is 15.6. The van der Waals surface area contributed by atoms with Crippen LogP contribution in [-0.2, 0) is 4.79 Å². The van der Waals surface area contributed by atoms with E-state index in [2.05, 4.69) is 15.3 Å². The van der Waals surface area contributed by atoms with Crippen molar-refractivity contribution in [1.82, 2.24) is 9.55 Å². The van der Waals surface area contributed by atoms with Gasteiger partial charge in [-0.15, -0.1) is 0 Å². The number of pyridine rings is 1. The summed E-state index contributed by atoms with van der Waals surface area (Å²) in [4.78, 5) is 36.3. The Labute approximate surface area is 204 Å². The minimum atomic E-state index is -0.642. The van der Waals surface area contributed by atoms with Crippen LogP contribution in [-0.4, -0.2) is 15.5 Å².